The van der Waals surface area contributed by atoms with Crippen molar-refractivity contribution in [1.82, 2.24) is 20.1 Å². The molecule has 1 fully saturated rings. The Bertz CT molecular complexity index is 840. The summed E-state index contributed by atoms with van der Waals surface area (Å²) in [5.41, 5.74) is 2.38. The lowest BCUT2D eigenvalue weighted by molar-refractivity contribution is 0.250. The van der Waals surface area contributed by atoms with Crippen LogP contribution in [-0.4, -0.2) is 46.3 Å². The Morgan fingerprint density at radius 1 is 1.04 bits per heavy atom. The van der Waals surface area contributed by atoms with E-state index in [-0.39, 0.29) is 5.56 Å². The van der Waals surface area contributed by atoms with Crippen molar-refractivity contribution in [2.45, 2.75) is 6.54 Å². The summed E-state index contributed by atoms with van der Waals surface area (Å²) in [5, 5.41) is 7.91. The molecular weight excluding hydrogens is 290 g/mol. The van der Waals surface area contributed by atoms with Crippen LogP contribution < -0.4 is 10.5 Å². The van der Waals surface area contributed by atoms with E-state index in [0.29, 0.717) is 0 Å². The van der Waals surface area contributed by atoms with Gasteiger partial charge in [-0.15, -0.1) is 0 Å². The Hall–Kier alpha value is -2.60. The zero-order chi connectivity index (χ0) is 15.6. The molecule has 0 bridgehead atoms. The molecule has 0 aliphatic carbocycles. The topological polar surface area (TPSA) is 68.0 Å². The Balaban J connectivity index is 1.41. The van der Waals surface area contributed by atoms with Crippen molar-refractivity contribution in [1.29, 1.82) is 0 Å². The van der Waals surface area contributed by atoms with Crippen molar-refractivity contribution >= 4 is 16.7 Å². The largest absolute Gasteiger partial charge is 0.361 e. The highest BCUT2D eigenvalue weighted by molar-refractivity contribution is 5.82. The number of benzene rings is 1. The predicted octanol–water partition coefficient (Wildman–Crippen LogP) is 1.57. The van der Waals surface area contributed by atoms with Crippen LogP contribution in [0.2, 0.25) is 0 Å². The van der Waals surface area contributed by atoms with E-state index in [4.69, 9.17) is 0 Å². The van der Waals surface area contributed by atoms with Crippen LogP contribution >= 0.6 is 0 Å². The van der Waals surface area contributed by atoms with E-state index < -0.39 is 0 Å². The van der Waals surface area contributed by atoms with Crippen LogP contribution in [0.3, 0.4) is 0 Å². The van der Waals surface area contributed by atoms with Crippen LogP contribution in [0.4, 0.5) is 5.82 Å². The molecule has 118 valence electrons. The molecule has 23 heavy (non-hydrogen) atoms. The third-order valence-electron chi connectivity index (χ3n) is 4.43. The number of anilines is 1. The number of para-hydroxylation sites is 1. The fourth-order valence-corrected chi connectivity index (χ4v) is 3.15. The minimum Gasteiger partial charge on any atom is -0.361 e. The molecule has 3 heterocycles. The second-order valence-corrected chi connectivity index (χ2v) is 5.90. The maximum atomic E-state index is 11.1. The Kier molecular flexibility index (Phi) is 3.59. The lowest BCUT2D eigenvalue weighted by Crippen LogP contribution is -2.46. The van der Waals surface area contributed by atoms with E-state index in [1.807, 2.05) is 0 Å². The lowest BCUT2D eigenvalue weighted by atomic mass is 10.1. The Morgan fingerprint density at radius 2 is 1.87 bits per heavy atom. The molecule has 2 aromatic heterocycles. The molecule has 0 spiro atoms. The predicted molar refractivity (Wildman–Crippen MR) is 90.6 cm³/mol. The van der Waals surface area contributed by atoms with Crippen molar-refractivity contribution in [3.05, 3.63) is 58.5 Å². The van der Waals surface area contributed by atoms with Gasteiger partial charge in [0.05, 0.1) is 0 Å². The maximum absolute atomic E-state index is 11.1. The van der Waals surface area contributed by atoms with E-state index in [0.717, 1.165) is 38.5 Å². The second-order valence-electron chi connectivity index (χ2n) is 5.90. The van der Waals surface area contributed by atoms with Gasteiger partial charge >= 0.3 is 0 Å². The van der Waals surface area contributed by atoms with Gasteiger partial charge in [0, 0.05) is 55.9 Å². The molecule has 2 N–H and O–H groups in total. The van der Waals surface area contributed by atoms with Gasteiger partial charge in [0.15, 0.2) is 0 Å². The first-order valence-electron chi connectivity index (χ1n) is 7.88. The molecule has 0 atom stereocenters. The SMILES string of the molecule is O=c1ccc(N2CCN(Cc3c[nH]c4ccccc34)CC2)n[nH]1. The smallest absolute Gasteiger partial charge is 0.264 e. The van der Waals surface area contributed by atoms with E-state index >= 15 is 0 Å². The van der Waals surface area contributed by atoms with E-state index in [1.54, 1.807) is 6.07 Å². The standard InChI is InChI=1S/C17H19N5O/c23-17-6-5-16(19-20-17)22-9-7-21(8-10-22)12-13-11-18-15-4-2-1-3-14(13)15/h1-6,11,18H,7-10,12H2,(H,20,23). The number of nitrogens with one attached hydrogen (secondary N) is 2. The first-order valence-corrected chi connectivity index (χ1v) is 7.88. The van der Waals surface area contributed by atoms with Crippen LogP contribution in [0.15, 0.2) is 47.4 Å². The Morgan fingerprint density at radius 3 is 2.65 bits per heavy atom. The molecule has 0 unspecified atom stereocenters. The van der Waals surface area contributed by atoms with Gasteiger partial charge < -0.3 is 9.88 Å². The Labute approximate surface area is 133 Å². The number of aromatic nitrogens is 3. The second kappa shape index (κ2) is 5.89. The van der Waals surface area contributed by atoms with Gasteiger partial charge in [0.1, 0.15) is 5.82 Å². The molecule has 1 aromatic carbocycles. The minimum absolute atomic E-state index is 0.160. The summed E-state index contributed by atoms with van der Waals surface area (Å²) in [4.78, 5) is 19.1. The fraction of sp³-hybridized carbons (Fsp3) is 0.294. The number of aromatic amines is 2. The number of nitrogens with zero attached hydrogens (tertiary/aromatic N) is 3. The fourth-order valence-electron chi connectivity index (χ4n) is 3.15. The highest BCUT2D eigenvalue weighted by atomic mass is 16.1. The van der Waals surface area contributed by atoms with Crippen molar-refractivity contribution < 1.29 is 0 Å². The molecule has 3 aromatic rings. The first-order chi connectivity index (χ1) is 11.3. The number of hydrogen-bond acceptors (Lipinski definition) is 4. The van der Waals surface area contributed by atoms with Gasteiger partial charge in [-0.3, -0.25) is 9.69 Å². The third-order valence-corrected chi connectivity index (χ3v) is 4.43. The summed E-state index contributed by atoms with van der Waals surface area (Å²) in [6.07, 6.45) is 2.11. The number of rotatable bonds is 3. The van der Waals surface area contributed by atoms with Crippen molar-refractivity contribution in [3.63, 3.8) is 0 Å². The number of piperazine rings is 1. The summed E-state index contributed by atoms with van der Waals surface area (Å²) in [7, 11) is 0. The average Bonchev–Trinajstić information content (AvgIpc) is 3.00. The highest BCUT2D eigenvalue weighted by Gasteiger charge is 2.19. The molecule has 6 nitrogen and oxygen atoms in total. The minimum atomic E-state index is -0.160. The third kappa shape index (κ3) is 2.85. The van der Waals surface area contributed by atoms with Crippen molar-refractivity contribution in [2.75, 3.05) is 31.1 Å². The maximum Gasteiger partial charge on any atom is 0.264 e. The average molecular weight is 309 g/mol. The zero-order valence-electron chi connectivity index (χ0n) is 12.8. The zero-order valence-corrected chi connectivity index (χ0v) is 12.8. The van der Waals surface area contributed by atoms with Gasteiger partial charge in [0.25, 0.3) is 5.56 Å². The number of H-pyrrole nitrogens is 2. The highest BCUT2D eigenvalue weighted by Crippen LogP contribution is 2.20. The van der Waals surface area contributed by atoms with E-state index in [1.165, 1.54) is 22.5 Å². The van der Waals surface area contributed by atoms with Crippen LogP contribution in [-0.2, 0) is 6.54 Å². The molecule has 0 radical (unpaired) electrons. The van der Waals surface area contributed by atoms with Crippen LogP contribution in [0.5, 0.6) is 0 Å². The summed E-state index contributed by atoms with van der Waals surface area (Å²) in [6.45, 7) is 4.76. The van der Waals surface area contributed by atoms with E-state index in [2.05, 4.69) is 55.4 Å². The summed E-state index contributed by atoms with van der Waals surface area (Å²) >= 11 is 0. The van der Waals surface area contributed by atoms with Crippen molar-refractivity contribution in [3.8, 4) is 0 Å². The molecule has 1 saturated heterocycles. The van der Waals surface area contributed by atoms with Gasteiger partial charge in [-0.05, 0) is 17.7 Å². The normalized spacial score (nSPS) is 16.1. The monoisotopic (exact) mass is 309 g/mol. The van der Waals surface area contributed by atoms with Gasteiger partial charge in [-0.1, -0.05) is 18.2 Å². The summed E-state index contributed by atoms with van der Waals surface area (Å²) < 4.78 is 0. The molecular formula is C17H19N5O. The van der Waals surface area contributed by atoms with Gasteiger partial charge in [0.2, 0.25) is 0 Å². The molecule has 4 rings (SSSR count). The van der Waals surface area contributed by atoms with Gasteiger partial charge in [-0.2, -0.15) is 5.10 Å². The molecule has 1 aliphatic rings. The lowest BCUT2D eigenvalue weighted by Gasteiger charge is -2.35. The van der Waals surface area contributed by atoms with Crippen molar-refractivity contribution in [2.24, 2.45) is 0 Å². The molecule has 0 saturated carbocycles. The number of hydrogen-bond donors (Lipinski definition) is 2. The summed E-state index contributed by atoms with van der Waals surface area (Å²) in [5.74, 6) is 0.844. The van der Waals surface area contributed by atoms with Crippen LogP contribution in [0, 0.1) is 0 Å². The number of fused-ring (bicyclic) bond motifs is 1. The quantitative estimate of drug-likeness (QED) is 0.771. The van der Waals surface area contributed by atoms with Crippen LogP contribution in [0.25, 0.3) is 10.9 Å². The first kappa shape index (κ1) is 14.0. The molecule has 1 aliphatic heterocycles. The van der Waals surface area contributed by atoms with Crippen LogP contribution in [0.1, 0.15) is 5.56 Å². The summed E-state index contributed by atoms with van der Waals surface area (Å²) in [6, 6.07) is 11.7. The van der Waals surface area contributed by atoms with E-state index in [9.17, 15) is 4.79 Å². The van der Waals surface area contributed by atoms with Gasteiger partial charge in [-0.25, -0.2) is 5.10 Å². The molecule has 0 amide bonds. The molecule has 6 heteroatoms.